The Kier molecular flexibility index (Phi) is 1.95. The minimum atomic E-state index is -0.400. The van der Waals surface area contributed by atoms with Gasteiger partial charge in [0.1, 0.15) is 5.75 Å². The van der Waals surface area contributed by atoms with Gasteiger partial charge in [-0.15, -0.1) is 0 Å². The van der Waals surface area contributed by atoms with Crippen molar-refractivity contribution in [1.82, 2.24) is 0 Å². The number of anilines is 1. The van der Waals surface area contributed by atoms with Crippen LogP contribution in [0.2, 0.25) is 0 Å². The van der Waals surface area contributed by atoms with Crippen LogP contribution >= 0.6 is 0 Å². The molecule has 1 N–H and O–H groups in total. The molecule has 1 amide bonds. The van der Waals surface area contributed by atoms with Crippen molar-refractivity contribution in [2.75, 3.05) is 5.32 Å². The second-order valence-electron chi connectivity index (χ2n) is 3.65. The van der Waals surface area contributed by atoms with Gasteiger partial charge in [-0.2, -0.15) is 0 Å². The number of benzene rings is 1. The fraction of sp³-hybridized carbons (Fsp3) is 0.364. The van der Waals surface area contributed by atoms with Crippen molar-refractivity contribution in [3.8, 4) is 5.75 Å². The molecule has 0 aromatic heterocycles. The zero-order valence-electron chi connectivity index (χ0n) is 8.55. The number of nitrogens with one attached hydrogen (secondary N) is 1. The van der Waals surface area contributed by atoms with E-state index in [0.717, 1.165) is 22.6 Å². The topological polar surface area (TPSA) is 38.3 Å². The summed E-state index contributed by atoms with van der Waals surface area (Å²) in [5.74, 6) is 0.725. The molecule has 0 saturated heterocycles. The lowest BCUT2D eigenvalue weighted by atomic mass is 10.1. The Morgan fingerprint density at radius 1 is 1.29 bits per heavy atom. The number of ether oxygens (including phenoxy) is 1. The van der Waals surface area contributed by atoms with Crippen LogP contribution in [0.5, 0.6) is 5.75 Å². The first-order valence-corrected chi connectivity index (χ1v) is 4.67. The molecule has 1 aliphatic heterocycles. The van der Waals surface area contributed by atoms with Gasteiger partial charge in [0.25, 0.3) is 5.91 Å². The molecule has 1 aromatic carbocycles. The lowest BCUT2D eigenvalue weighted by Crippen LogP contribution is -2.35. The Labute approximate surface area is 83.1 Å². The van der Waals surface area contributed by atoms with Crippen LogP contribution in [-0.4, -0.2) is 12.0 Å². The first-order chi connectivity index (χ1) is 6.59. The quantitative estimate of drug-likeness (QED) is 0.681. The van der Waals surface area contributed by atoms with Gasteiger partial charge in [-0.25, -0.2) is 0 Å². The fourth-order valence-corrected chi connectivity index (χ4v) is 1.55. The molecule has 0 fully saturated rings. The molecule has 0 saturated carbocycles. The average Bonchev–Trinajstić information content (AvgIpc) is 2.15. The molecule has 0 spiro atoms. The SMILES string of the molecule is Cc1ccc(C)c2c1NC(=O)C(C)O2. The average molecular weight is 191 g/mol. The predicted octanol–water partition coefficient (Wildman–Crippen LogP) is 2.02. The number of hydrogen-bond acceptors (Lipinski definition) is 2. The highest BCUT2D eigenvalue weighted by Crippen LogP contribution is 2.35. The number of carbonyl (C=O) groups excluding carboxylic acids is 1. The molecule has 14 heavy (non-hydrogen) atoms. The van der Waals surface area contributed by atoms with Crippen molar-refractivity contribution in [1.29, 1.82) is 0 Å². The molecule has 0 aliphatic carbocycles. The van der Waals surface area contributed by atoms with E-state index in [1.165, 1.54) is 0 Å². The molecule has 0 radical (unpaired) electrons. The number of rotatable bonds is 0. The molecular weight excluding hydrogens is 178 g/mol. The van der Waals surface area contributed by atoms with Gasteiger partial charge in [0.2, 0.25) is 0 Å². The second kappa shape index (κ2) is 3.01. The van der Waals surface area contributed by atoms with E-state index in [9.17, 15) is 4.79 Å². The smallest absolute Gasteiger partial charge is 0.265 e. The zero-order valence-corrected chi connectivity index (χ0v) is 8.55. The van der Waals surface area contributed by atoms with E-state index in [4.69, 9.17) is 4.74 Å². The summed E-state index contributed by atoms with van der Waals surface area (Å²) >= 11 is 0. The third-order valence-electron chi connectivity index (χ3n) is 2.47. The third kappa shape index (κ3) is 1.25. The number of hydrogen-bond donors (Lipinski definition) is 1. The van der Waals surface area contributed by atoms with Crippen LogP contribution in [-0.2, 0) is 4.79 Å². The summed E-state index contributed by atoms with van der Waals surface area (Å²) in [7, 11) is 0. The van der Waals surface area contributed by atoms with Crippen LogP contribution in [0.4, 0.5) is 5.69 Å². The molecule has 1 aliphatic rings. The number of carbonyl (C=O) groups is 1. The second-order valence-corrected chi connectivity index (χ2v) is 3.65. The number of aryl methyl sites for hydroxylation is 2. The molecule has 1 aromatic rings. The third-order valence-corrected chi connectivity index (χ3v) is 2.47. The lowest BCUT2D eigenvalue weighted by Gasteiger charge is -2.26. The van der Waals surface area contributed by atoms with Gasteiger partial charge in [0, 0.05) is 0 Å². The van der Waals surface area contributed by atoms with Crippen LogP contribution in [0.25, 0.3) is 0 Å². The highest BCUT2D eigenvalue weighted by molar-refractivity contribution is 5.98. The van der Waals surface area contributed by atoms with E-state index in [1.807, 2.05) is 26.0 Å². The zero-order chi connectivity index (χ0) is 10.3. The summed E-state index contributed by atoms with van der Waals surface area (Å²) < 4.78 is 5.54. The Balaban J connectivity index is 2.55. The van der Waals surface area contributed by atoms with Crippen LogP contribution in [0, 0.1) is 13.8 Å². The molecule has 3 heteroatoms. The first-order valence-electron chi connectivity index (χ1n) is 4.67. The molecule has 2 rings (SSSR count). The van der Waals surface area contributed by atoms with E-state index >= 15 is 0 Å². The molecule has 74 valence electrons. The van der Waals surface area contributed by atoms with E-state index in [0.29, 0.717) is 0 Å². The van der Waals surface area contributed by atoms with Crippen LogP contribution in [0.1, 0.15) is 18.1 Å². The maximum absolute atomic E-state index is 11.4. The highest BCUT2D eigenvalue weighted by atomic mass is 16.5. The molecule has 1 atom stereocenters. The van der Waals surface area contributed by atoms with Crippen molar-refractivity contribution in [2.24, 2.45) is 0 Å². The van der Waals surface area contributed by atoms with Crippen LogP contribution in [0.15, 0.2) is 12.1 Å². The van der Waals surface area contributed by atoms with Crippen molar-refractivity contribution >= 4 is 11.6 Å². The van der Waals surface area contributed by atoms with Crippen molar-refractivity contribution in [3.05, 3.63) is 23.3 Å². The van der Waals surface area contributed by atoms with E-state index < -0.39 is 6.10 Å². The summed E-state index contributed by atoms with van der Waals surface area (Å²) in [5, 5.41) is 2.85. The maximum Gasteiger partial charge on any atom is 0.265 e. The van der Waals surface area contributed by atoms with Gasteiger partial charge in [0.15, 0.2) is 6.10 Å². The highest BCUT2D eigenvalue weighted by Gasteiger charge is 2.25. The molecular formula is C11H13NO2. The van der Waals surface area contributed by atoms with Gasteiger partial charge in [-0.3, -0.25) is 4.79 Å². The van der Waals surface area contributed by atoms with Gasteiger partial charge in [-0.1, -0.05) is 12.1 Å². The fourth-order valence-electron chi connectivity index (χ4n) is 1.55. The van der Waals surface area contributed by atoms with Gasteiger partial charge >= 0.3 is 0 Å². The number of amides is 1. The molecule has 3 nitrogen and oxygen atoms in total. The summed E-state index contributed by atoms with van der Waals surface area (Å²) in [6.07, 6.45) is -0.400. The summed E-state index contributed by atoms with van der Waals surface area (Å²) in [6.45, 7) is 5.68. The Bertz CT molecular complexity index is 399. The number of fused-ring (bicyclic) bond motifs is 1. The van der Waals surface area contributed by atoms with Gasteiger partial charge in [-0.05, 0) is 31.9 Å². The summed E-state index contributed by atoms with van der Waals surface area (Å²) in [4.78, 5) is 11.4. The van der Waals surface area contributed by atoms with E-state index in [-0.39, 0.29) is 5.91 Å². The minimum Gasteiger partial charge on any atom is -0.478 e. The largest absolute Gasteiger partial charge is 0.478 e. The monoisotopic (exact) mass is 191 g/mol. The molecule has 0 bridgehead atoms. The van der Waals surface area contributed by atoms with E-state index in [2.05, 4.69) is 5.32 Å². The normalized spacial score (nSPS) is 19.6. The minimum absolute atomic E-state index is 0.0776. The molecule has 1 unspecified atom stereocenters. The molecule has 1 heterocycles. The van der Waals surface area contributed by atoms with Crippen LogP contribution in [0.3, 0.4) is 0 Å². The Hall–Kier alpha value is -1.51. The first kappa shape index (κ1) is 9.06. The Morgan fingerprint density at radius 2 is 1.93 bits per heavy atom. The lowest BCUT2D eigenvalue weighted by molar-refractivity contribution is -0.122. The predicted molar refractivity (Wildman–Crippen MR) is 54.6 cm³/mol. The van der Waals surface area contributed by atoms with Gasteiger partial charge < -0.3 is 10.1 Å². The van der Waals surface area contributed by atoms with Crippen LogP contribution < -0.4 is 10.1 Å². The van der Waals surface area contributed by atoms with Crippen molar-refractivity contribution in [3.63, 3.8) is 0 Å². The Morgan fingerprint density at radius 3 is 2.64 bits per heavy atom. The van der Waals surface area contributed by atoms with Crippen molar-refractivity contribution < 1.29 is 9.53 Å². The summed E-state index contributed by atoms with van der Waals surface area (Å²) in [5.41, 5.74) is 2.90. The standard InChI is InChI=1S/C11H13NO2/c1-6-4-5-7(2)10-9(6)12-11(13)8(3)14-10/h4-5,8H,1-3H3,(H,12,13). The van der Waals surface area contributed by atoms with E-state index in [1.54, 1.807) is 6.92 Å². The maximum atomic E-state index is 11.4. The van der Waals surface area contributed by atoms with Crippen molar-refractivity contribution in [2.45, 2.75) is 26.9 Å². The summed E-state index contributed by atoms with van der Waals surface area (Å²) in [6, 6.07) is 3.98. The van der Waals surface area contributed by atoms with Gasteiger partial charge in [0.05, 0.1) is 5.69 Å².